The van der Waals surface area contributed by atoms with Crippen molar-refractivity contribution in [1.29, 1.82) is 0 Å². The predicted octanol–water partition coefficient (Wildman–Crippen LogP) is 5.50. The van der Waals surface area contributed by atoms with Crippen molar-refractivity contribution in [3.05, 3.63) is 53.2 Å². The second kappa shape index (κ2) is 13.1. The van der Waals surface area contributed by atoms with E-state index in [0.717, 1.165) is 93.5 Å². The molecule has 1 atom stereocenters. The smallest absolute Gasteiger partial charge is 0.255 e. The topological polar surface area (TPSA) is 118 Å². The number of nitrogens with two attached hydrogens (primary N) is 1. The Morgan fingerprint density at radius 3 is 2.45 bits per heavy atom. The lowest BCUT2D eigenvalue weighted by Gasteiger charge is -2.36. The zero-order valence-electron chi connectivity index (χ0n) is 28.9. The van der Waals surface area contributed by atoms with Gasteiger partial charge in [-0.1, -0.05) is 18.2 Å². The highest BCUT2D eigenvalue weighted by Gasteiger charge is 2.33. The van der Waals surface area contributed by atoms with E-state index in [2.05, 4.69) is 40.7 Å². The van der Waals surface area contributed by atoms with E-state index in [1.165, 1.54) is 29.3 Å². The number of aliphatic hydroxyl groups excluding tert-OH is 1. The molecule has 0 spiro atoms. The molecular formula is C39H50N6O4. The minimum atomic E-state index is -0.246. The Morgan fingerprint density at radius 2 is 1.73 bits per heavy atom. The molecule has 2 amide bonds. The van der Waals surface area contributed by atoms with Crippen LogP contribution in [-0.2, 0) is 11.3 Å². The van der Waals surface area contributed by atoms with E-state index < -0.39 is 0 Å². The lowest BCUT2D eigenvalue weighted by molar-refractivity contribution is -0.138. The van der Waals surface area contributed by atoms with Gasteiger partial charge < -0.3 is 29.9 Å². The summed E-state index contributed by atoms with van der Waals surface area (Å²) in [6, 6.07) is 10.8. The molecule has 3 N–H and O–H groups in total. The van der Waals surface area contributed by atoms with E-state index >= 15 is 0 Å². The summed E-state index contributed by atoms with van der Waals surface area (Å²) in [5.41, 5.74) is 13.3. The van der Waals surface area contributed by atoms with Crippen molar-refractivity contribution in [1.82, 2.24) is 24.0 Å². The first kappa shape index (κ1) is 32.3. The van der Waals surface area contributed by atoms with Gasteiger partial charge in [-0.25, -0.2) is 4.52 Å². The van der Waals surface area contributed by atoms with Gasteiger partial charge in [-0.15, -0.1) is 0 Å². The van der Waals surface area contributed by atoms with Crippen LogP contribution in [-0.4, -0.2) is 86.3 Å². The number of carbonyl (C=O) groups excluding carboxylic acids is 2. The van der Waals surface area contributed by atoms with E-state index in [9.17, 15) is 14.7 Å². The number of fused-ring (bicyclic) bond motifs is 2. The van der Waals surface area contributed by atoms with Crippen molar-refractivity contribution in [3.8, 4) is 17.1 Å². The molecule has 2 saturated carbocycles. The average Bonchev–Trinajstić information content (AvgIpc) is 3.79. The summed E-state index contributed by atoms with van der Waals surface area (Å²) in [4.78, 5) is 30.9. The molecule has 10 heteroatoms. The maximum absolute atomic E-state index is 13.6. The van der Waals surface area contributed by atoms with Crippen LogP contribution < -0.4 is 10.5 Å². The van der Waals surface area contributed by atoms with Crippen LogP contribution in [0.5, 0.6) is 5.75 Å². The minimum Gasteiger partial charge on any atom is -0.494 e. The molecule has 4 fully saturated rings. The molecule has 49 heavy (non-hydrogen) atoms. The standard InChI is InChI=1S/C39H50N6O4/c1-24-35(41-45-22-29(20-34(49-2)36(24)45)39(48)43-16-4-6-30(40)23-43)33-19-28-5-3-7-32(37(28)44(33)21-25-8-9-25)26-14-17-42(18-15-26)38(47)27-10-12-31(46)13-11-27/h3,5,7,19-20,22,25-27,30-31,46H,4,6,8-18,21,23,40H2,1-2H3/t27-,30-,31+/m1/s1. The molecule has 4 aliphatic rings. The molecule has 3 aromatic heterocycles. The van der Waals surface area contributed by atoms with E-state index in [-0.39, 0.29) is 29.9 Å². The number of aliphatic hydroxyl groups is 1. The molecule has 10 nitrogen and oxygen atoms in total. The fourth-order valence-corrected chi connectivity index (χ4v) is 8.80. The van der Waals surface area contributed by atoms with Crippen molar-refractivity contribution in [2.75, 3.05) is 33.3 Å². The first-order valence-corrected chi connectivity index (χ1v) is 18.5. The number of methoxy groups -OCH3 is 1. The second-order valence-corrected chi connectivity index (χ2v) is 15.2. The Labute approximate surface area is 288 Å². The van der Waals surface area contributed by atoms with Gasteiger partial charge in [0, 0.05) is 61.8 Å². The van der Waals surface area contributed by atoms with Gasteiger partial charge in [-0.2, -0.15) is 5.10 Å². The van der Waals surface area contributed by atoms with Crippen molar-refractivity contribution in [2.24, 2.45) is 17.6 Å². The van der Waals surface area contributed by atoms with Crippen molar-refractivity contribution < 1.29 is 19.4 Å². The van der Waals surface area contributed by atoms with E-state index in [4.69, 9.17) is 15.6 Å². The molecule has 0 unspecified atom stereocenters. The highest BCUT2D eigenvalue weighted by Crippen LogP contribution is 2.42. The fraction of sp³-hybridized carbons (Fsp3) is 0.564. The first-order valence-electron chi connectivity index (χ1n) is 18.5. The average molecular weight is 667 g/mol. The summed E-state index contributed by atoms with van der Waals surface area (Å²) < 4.78 is 10.2. The summed E-state index contributed by atoms with van der Waals surface area (Å²) in [7, 11) is 1.65. The van der Waals surface area contributed by atoms with Crippen LogP contribution in [0.2, 0.25) is 0 Å². The van der Waals surface area contributed by atoms with Crippen molar-refractivity contribution in [2.45, 2.75) is 95.7 Å². The quantitative estimate of drug-likeness (QED) is 0.269. The zero-order chi connectivity index (χ0) is 33.8. The van der Waals surface area contributed by atoms with Crippen molar-refractivity contribution in [3.63, 3.8) is 0 Å². The molecule has 0 bridgehead atoms. The van der Waals surface area contributed by atoms with Gasteiger partial charge in [0.1, 0.15) is 17.0 Å². The first-order chi connectivity index (χ1) is 23.8. The summed E-state index contributed by atoms with van der Waals surface area (Å²) >= 11 is 0. The number of pyridine rings is 1. The number of aromatic nitrogens is 3. The third kappa shape index (κ3) is 6.11. The van der Waals surface area contributed by atoms with Gasteiger partial charge in [-0.3, -0.25) is 9.59 Å². The molecule has 2 saturated heterocycles. The lowest BCUT2D eigenvalue weighted by atomic mass is 9.84. The van der Waals surface area contributed by atoms with Gasteiger partial charge >= 0.3 is 0 Å². The summed E-state index contributed by atoms with van der Waals surface area (Å²) in [6.07, 6.45) is 10.9. The number of carbonyl (C=O) groups is 2. The number of piperidine rings is 2. The van der Waals surface area contributed by atoms with Crippen LogP contribution in [0, 0.1) is 18.8 Å². The predicted molar refractivity (Wildman–Crippen MR) is 190 cm³/mol. The molecule has 2 aliphatic carbocycles. The summed E-state index contributed by atoms with van der Waals surface area (Å²) in [5.74, 6) is 1.97. The van der Waals surface area contributed by atoms with Crippen LogP contribution >= 0.6 is 0 Å². The number of benzene rings is 1. The van der Waals surface area contributed by atoms with Crippen LogP contribution in [0.25, 0.3) is 27.8 Å². The minimum absolute atomic E-state index is 0.00703. The second-order valence-electron chi connectivity index (χ2n) is 15.2. The van der Waals surface area contributed by atoms with Gasteiger partial charge in [0.25, 0.3) is 5.91 Å². The highest BCUT2D eigenvalue weighted by molar-refractivity contribution is 5.96. The molecule has 8 rings (SSSR count). The van der Waals surface area contributed by atoms with E-state index in [1.807, 2.05) is 21.7 Å². The maximum atomic E-state index is 13.6. The summed E-state index contributed by atoms with van der Waals surface area (Å²) in [5, 5.41) is 16.3. The van der Waals surface area contributed by atoms with Crippen molar-refractivity contribution >= 4 is 28.2 Å². The number of rotatable bonds is 7. The fourth-order valence-electron chi connectivity index (χ4n) is 8.80. The third-order valence-electron chi connectivity index (χ3n) is 11.8. The van der Waals surface area contributed by atoms with Crippen LogP contribution in [0.15, 0.2) is 36.5 Å². The Morgan fingerprint density at radius 1 is 0.959 bits per heavy atom. The summed E-state index contributed by atoms with van der Waals surface area (Å²) in [6.45, 7) is 5.89. The molecule has 4 aromatic rings. The molecule has 5 heterocycles. The number of ether oxygens (including phenoxy) is 1. The number of hydrogen-bond acceptors (Lipinski definition) is 6. The number of para-hydroxylation sites is 1. The van der Waals surface area contributed by atoms with Crippen LogP contribution in [0.3, 0.4) is 0 Å². The SMILES string of the molecule is COc1cc(C(=O)N2CCC[C@@H](N)C2)cn2nc(-c3cc4cccc(C5CCN(C(=O)[C@H]6CC[C@@H](O)CC6)CC5)c4n3CC3CC3)c(C)c12. The number of likely N-dealkylation sites (tertiary alicyclic amines) is 2. The normalized spacial score (nSPS) is 23.8. The number of aryl methyl sites for hydroxylation is 1. The Balaban J connectivity index is 1.13. The number of hydrogen-bond donors (Lipinski definition) is 2. The molecule has 0 radical (unpaired) electrons. The third-order valence-corrected chi connectivity index (χ3v) is 11.8. The Kier molecular flexibility index (Phi) is 8.64. The highest BCUT2D eigenvalue weighted by atomic mass is 16.5. The molecule has 1 aromatic carbocycles. The molecule has 2 aliphatic heterocycles. The van der Waals surface area contributed by atoms with Gasteiger partial charge in [0.15, 0.2) is 0 Å². The molecule has 260 valence electrons. The number of amides is 2. The maximum Gasteiger partial charge on any atom is 0.255 e. The van der Waals surface area contributed by atoms with Crippen LogP contribution in [0.4, 0.5) is 0 Å². The van der Waals surface area contributed by atoms with E-state index in [0.29, 0.717) is 36.2 Å². The lowest BCUT2D eigenvalue weighted by Crippen LogP contribution is -2.45. The number of nitrogens with zero attached hydrogens (tertiary/aromatic N) is 5. The van der Waals surface area contributed by atoms with Gasteiger partial charge in [0.05, 0.1) is 30.0 Å². The Bertz CT molecular complexity index is 1880. The molecular weight excluding hydrogens is 616 g/mol. The largest absolute Gasteiger partial charge is 0.494 e. The van der Waals surface area contributed by atoms with Gasteiger partial charge in [-0.05, 0) is 101 Å². The van der Waals surface area contributed by atoms with Gasteiger partial charge in [0.2, 0.25) is 5.91 Å². The van der Waals surface area contributed by atoms with Crippen LogP contribution in [0.1, 0.15) is 91.6 Å². The monoisotopic (exact) mass is 666 g/mol. The van der Waals surface area contributed by atoms with E-state index in [1.54, 1.807) is 7.11 Å². The Hall–Kier alpha value is -3.89. The zero-order valence-corrected chi connectivity index (χ0v) is 28.9.